The topological polar surface area (TPSA) is 71.3 Å². The van der Waals surface area contributed by atoms with Crippen molar-refractivity contribution in [3.8, 4) is 11.5 Å². The Hall–Kier alpha value is -2.67. The monoisotopic (exact) mass is 354 g/mol. The molecular formula is C18H18N4O2S. The molecule has 1 fully saturated rings. The number of amides is 1. The second kappa shape index (κ2) is 6.68. The van der Waals surface area contributed by atoms with Crippen LogP contribution in [0.15, 0.2) is 40.2 Å². The first-order chi connectivity index (χ1) is 12.2. The molecule has 0 bridgehead atoms. The number of nitrogens with zero attached hydrogens (tertiary/aromatic N) is 3. The largest absolute Gasteiger partial charge is 0.354 e. The molecule has 0 atom stereocenters. The molecule has 0 unspecified atom stereocenters. The zero-order valence-electron chi connectivity index (χ0n) is 13.9. The average molecular weight is 354 g/mol. The van der Waals surface area contributed by atoms with Crippen molar-refractivity contribution in [3.05, 3.63) is 47.0 Å². The molecule has 1 amide bonds. The molecule has 0 radical (unpaired) electrons. The normalized spacial score (nSPS) is 14.0. The zero-order valence-corrected chi connectivity index (χ0v) is 14.7. The first kappa shape index (κ1) is 15.8. The summed E-state index contributed by atoms with van der Waals surface area (Å²) in [5.74, 6) is 0.441. The summed E-state index contributed by atoms with van der Waals surface area (Å²) >= 11 is 1.48. The van der Waals surface area contributed by atoms with Crippen LogP contribution in [0.25, 0.3) is 11.5 Å². The van der Waals surface area contributed by atoms with E-state index in [2.05, 4.69) is 22.4 Å². The van der Waals surface area contributed by atoms with Crippen molar-refractivity contribution < 1.29 is 9.32 Å². The fourth-order valence-corrected chi connectivity index (χ4v) is 3.50. The first-order valence-electron chi connectivity index (χ1n) is 8.24. The van der Waals surface area contributed by atoms with Crippen molar-refractivity contribution in [1.82, 2.24) is 15.0 Å². The number of carbonyl (C=O) groups excluding carboxylic acids is 1. The Kier molecular flexibility index (Phi) is 4.23. The standard InChI is InChI=1S/C18H18N4O2S/c1-12-4-6-13(7-5-12)19-18-20-15(11-25-18)16-10-14(21-24-16)17(23)22-8-2-3-9-22/h4-7,10-11H,2-3,8-9H2,1H3,(H,19,20). The highest BCUT2D eigenvalue weighted by Crippen LogP contribution is 2.28. The Morgan fingerprint density at radius 3 is 2.76 bits per heavy atom. The summed E-state index contributed by atoms with van der Waals surface area (Å²) < 4.78 is 5.33. The van der Waals surface area contributed by atoms with Gasteiger partial charge in [0.05, 0.1) is 0 Å². The van der Waals surface area contributed by atoms with Gasteiger partial charge < -0.3 is 14.7 Å². The van der Waals surface area contributed by atoms with E-state index in [0.717, 1.165) is 36.8 Å². The number of hydrogen-bond acceptors (Lipinski definition) is 6. The number of carbonyl (C=O) groups is 1. The fraction of sp³-hybridized carbons (Fsp3) is 0.278. The van der Waals surface area contributed by atoms with Crippen LogP contribution in [-0.4, -0.2) is 34.0 Å². The minimum atomic E-state index is -0.0688. The molecule has 1 aromatic carbocycles. The molecular weight excluding hydrogens is 336 g/mol. The molecule has 0 saturated carbocycles. The van der Waals surface area contributed by atoms with Crippen molar-refractivity contribution in [2.45, 2.75) is 19.8 Å². The van der Waals surface area contributed by atoms with Crippen LogP contribution in [0.1, 0.15) is 28.9 Å². The zero-order chi connectivity index (χ0) is 17.2. The molecule has 4 rings (SSSR count). The molecule has 3 aromatic rings. The van der Waals surface area contributed by atoms with E-state index in [1.807, 2.05) is 34.5 Å². The van der Waals surface area contributed by atoms with Gasteiger partial charge in [0.25, 0.3) is 5.91 Å². The molecule has 6 nitrogen and oxygen atoms in total. The number of thiazole rings is 1. The van der Waals surface area contributed by atoms with E-state index in [1.165, 1.54) is 16.9 Å². The predicted molar refractivity (Wildman–Crippen MR) is 97.2 cm³/mol. The summed E-state index contributed by atoms with van der Waals surface area (Å²) in [4.78, 5) is 18.7. The van der Waals surface area contributed by atoms with E-state index in [-0.39, 0.29) is 5.91 Å². The third-order valence-electron chi connectivity index (χ3n) is 4.18. The number of nitrogens with one attached hydrogen (secondary N) is 1. The van der Waals surface area contributed by atoms with Gasteiger partial charge in [-0.1, -0.05) is 22.9 Å². The van der Waals surface area contributed by atoms with E-state index < -0.39 is 0 Å². The molecule has 1 aliphatic rings. The van der Waals surface area contributed by atoms with Crippen molar-refractivity contribution >= 4 is 28.1 Å². The van der Waals surface area contributed by atoms with E-state index in [0.29, 0.717) is 17.1 Å². The molecule has 1 aliphatic heterocycles. The molecule has 25 heavy (non-hydrogen) atoms. The summed E-state index contributed by atoms with van der Waals surface area (Å²) in [6, 6.07) is 9.79. The molecule has 1 N–H and O–H groups in total. The van der Waals surface area contributed by atoms with Gasteiger partial charge in [0.1, 0.15) is 5.69 Å². The summed E-state index contributed by atoms with van der Waals surface area (Å²) in [6.45, 7) is 3.64. The predicted octanol–water partition coefficient (Wildman–Crippen LogP) is 4.09. The van der Waals surface area contributed by atoms with Crippen molar-refractivity contribution in [3.63, 3.8) is 0 Å². The van der Waals surface area contributed by atoms with Gasteiger partial charge in [-0.05, 0) is 31.9 Å². The van der Waals surface area contributed by atoms with Gasteiger partial charge in [0.2, 0.25) is 0 Å². The average Bonchev–Trinajstić information content (AvgIpc) is 3.37. The van der Waals surface area contributed by atoms with E-state index in [9.17, 15) is 4.79 Å². The molecule has 128 valence electrons. The number of aromatic nitrogens is 2. The van der Waals surface area contributed by atoms with E-state index in [1.54, 1.807) is 6.07 Å². The Bertz CT molecular complexity index is 879. The second-order valence-electron chi connectivity index (χ2n) is 6.10. The van der Waals surface area contributed by atoms with Gasteiger partial charge in [-0.15, -0.1) is 11.3 Å². The minimum Gasteiger partial charge on any atom is -0.354 e. The van der Waals surface area contributed by atoms with Gasteiger partial charge in [-0.3, -0.25) is 4.79 Å². The third-order valence-corrected chi connectivity index (χ3v) is 4.94. The third kappa shape index (κ3) is 3.41. The summed E-state index contributed by atoms with van der Waals surface area (Å²) in [5.41, 5.74) is 3.21. The van der Waals surface area contributed by atoms with Gasteiger partial charge in [-0.2, -0.15) is 0 Å². The highest BCUT2D eigenvalue weighted by molar-refractivity contribution is 7.14. The van der Waals surface area contributed by atoms with Crippen LogP contribution in [-0.2, 0) is 0 Å². The highest BCUT2D eigenvalue weighted by atomic mass is 32.1. The van der Waals surface area contributed by atoms with E-state index >= 15 is 0 Å². The maximum absolute atomic E-state index is 12.3. The maximum atomic E-state index is 12.3. The smallest absolute Gasteiger partial charge is 0.276 e. The van der Waals surface area contributed by atoms with Gasteiger partial charge >= 0.3 is 0 Å². The fourth-order valence-electron chi connectivity index (χ4n) is 2.78. The van der Waals surface area contributed by atoms with Gasteiger partial charge in [-0.25, -0.2) is 4.98 Å². The van der Waals surface area contributed by atoms with Crippen LogP contribution in [0.5, 0.6) is 0 Å². The number of aryl methyl sites for hydroxylation is 1. The SMILES string of the molecule is Cc1ccc(Nc2nc(-c3cc(C(=O)N4CCCC4)no3)cs2)cc1. The Morgan fingerprint density at radius 1 is 1.24 bits per heavy atom. The van der Waals surface area contributed by atoms with Crippen LogP contribution in [0.2, 0.25) is 0 Å². The molecule has 0 aliphatic carbocycles. The van der Waals surface area contributed by atoms with E-state index in [4.69, 9.17) is 4.52 Å². The summed E-state index contributed by atoms with van der Waals surface area (Å²) in [7, 11) is 0. The van der Waals surface area contributed by atoms with Crippen LogP contribution in [0, 0.1) is 6.92 Å². The lowest BCUT2D eigenvalue weighted by atomic mass is 10.2. The van der Waals surface area contributed by atoms with Gasteiger partial charge in [0.15, 0.2) is 16.6 Å². The number of hydrogen-bond donors (Lipinski definition) is 1. The summed E-state index contributed by atoms with van der Waals surface area (Å²) in [5, 5.41) is 9.84. The number of benzene rings is 1. The summed E-state index contributed by atoms with van der Waals surface area (Å²) in [6.07, 6.45) is 2.10. The minimum absolute atomic E-state index is 0.0688. The Balaban J connectivity index is 1.48. The number of rotatable bonds is 4. The molecule has 0 spiro atoms. The lowest BCUT2D eigenvalue weighted by Crippen LogP contribution is -2.27. The first-order valence-corrected chi connectivity index (χ1v) is 9.12. The molecule has 2 aromatic heterocycles. The second-order valence-corrected chi connectivity index (χ2v) is 6.96. The van der Waals surface area contributed by atoms with Crippen LogP contribution < -0.4 is 5.32 Å². The van der Waals surface area contributed by atoms with Gasteiger partial charge in [0, 0.05) is 30.2 Å². The van der Waals surface area contributed by atoms with Crippen LogP contribution >= 0.6 is 11.3 Å². The molecule has 1 saturated heterocycles. The van der Waals surface area contributed by atoms with Crippen molar-refractivity contribution in [1.29, 1.82) is 0 Å². The molecule has 3 heterocycles. The Morgan fingerprint density at radius 2 is 2.00 bits per heavy atom. The quantitative estimate of drug-likeness (QED) is 0.764. The van der Waals surface area contributed by atoms with Crippen molar-refractivity contribution in [2.24, 2.45) is 0 Å². The lowest BCUT2D eigenvalue weighted by molar-refractivity contribution is 0.0782. The number of likely N-dealkylation sites (tertiary alicyclic amines) is 1. The highest BCUT2D eigenvalue weighted by Gasteiger charge is 2.23. The van der Waals surface area contributed by atoms with Crippen LogP contribution in [0.3, 0.4) is 0 Å². The van der Waals surface area contributed by atoms with Crippen LogP contribution in [0.4, 0.5) is 10.8 Å². The lowest BCUT2D eigenvalue weighted by Gasteiger charge is -2.12. The Labute approximate surface area is 149 Å². The van der Waals surface area contributed by atoms with Crippen molar-refractivity contribution in [2.75, 3.05) is 18.4 Å². The maximum Gasteiger partial charge on any atom is 0.276 e. The molecule has 7 heteroatoms. The number of anilines is 2.